The first-order valence-corrected chi connectivity index (χ1v) is 8.24. The molecule has 0 unspecified atom stereocenters. The lowest BCUT2D eigenvalue weighted by Gasteiger charge is -2.07. The Morgan fingerprint density at radius 3 is 2.52 bits per heavy atom. The largest absolute Gasteiger partial charge is 0.478 e. The molecule has 0 amide bonds. The summed E-state index contributed by atoms with van der Waals surface area (Å²) in [7, 11) is -3.75. The van der Waals surface area contributed by atoms with Crippen LogP contribution in [0.3, 0.4) is 0 Å². The van der Waals surface area contributed by atoms with Gasteiger partial charge >= 0.3 is 5.97 Å². The Morgan fingerprint density at radius 2 is 1.90 bits per heavy atom. The third-order valence-electron chi connectivity index (χ3n) is 2.77. The smallest absolute Gasteiger partial charge is 0.336 e. The van der Waals surface area contributed by atoms with E-state index in [0.717, 1.165) is 12.1 Å². The fourth-order valence-corrected chi connectivity index (χ4v) is 3.57. The predicted octanol–water partition coefficient (Wildman–Crippen LogP) is 3.26. The quantitative estimate of drug-likeness (QED) is 0.893. The summed E-state index contributed by atoms with van der Waals surface area (Å²) in [5.41, 5.74) is 0.158. The summed E-state index contributed by atoms with van der Waals surface area (Å²) in [6, 6.07) is 9.03. The average Bonchev–Trinajstić information content (AvgIpc) is 2.38. The maximum absolute atomic E-state index is 13.1. The van der Waals surface area contributed by atoms with Gasteiger partial charge in [0.05, 0.1) is 16.2 Å². The van der Waals surface area contributed by atoms with E-state index < -0.39 is 27.4 Å². The Hall–Kier alpha value is -1.73. The molecule has 4 nitrogen and oxygen atoms in total. The van der Waals surface area contributed by atoms with E-state index >= 15 is 0 Å². The van der Waals surface area contributed by atoms with Crippen LogP contribution in [0.2, 0.25) is 0 Å². The number of aromatic carboxylic acids is 1. The van der Waals surface area contributed by atoms with E-state index in [-0.39, 0.29) is 10.5 Å². The van der Waals surface area contributed by atoms with E-state index in [1.165, 1.54) is 30.3 Å². The molecule has 110 valence electrons. The highest BCUT2D eigenvalue weighted by molar-refractivity contribution is 9.10. The number of hydrogen-bond donors (Lipinski definition) is 1. The second kappa shape index (κ2) is 5.95. The summed E-state index contributed by atoms with van der Waals surface area (Å²) in [6.45, 7) is 0. The summed E-state index contributed by atoms with van der Waals surface area (Å²) < 4.78 is 37.9. The Morgan fingerprint density at radius 1 is 1.19 bits per heavy atom. The summed E-state index contributed by atoms with van der Waals surface area (Å²) >= 11 is 3.05. The van der Waals surface area contributed by atoms with Crippen molar-refractivity contribution in [3.8, 4) is 0 Å². The van der Waals surface area contributed by atoms with Crippen molar-refractivity contribution < 1.29 is 22.7 Å². The summed E-state index contributed by atoms with van der Waals surface area (Å²) in [5.74, 6) is -2.15. The Kier molecular flexibility index (Phi) is 4.43. The van der Waals surface area contributed by atoms with Gasteiger partial charge in [0.25, 0.3) is 0 Å². The molecule has 0 spiro atoms. The normalized spacial score (nSPS) is 11.3. The molecule has 0 heterocycles. The van der Waals surface area contributed by atoms with Crippen LogP contribution in [0.15, 0.2) is 51.8 Å². The van der Waals surface area contributed by atoms with Crippen LogP contribution in [0, 0.1) is 5.82 Å². The number of rotatable bonds is 4. The molecule has 1 N–H and O–H groups in total. The van der Waals surface area contributed by atoms with Gasteiger partial charge in [-0.15, -0.1) is 0 Å². The summed E-state index contributed by atoms with van der Waals surface area (Å²) in [5, 5.41) is 9.01. The molecule has 0 saturated carbocycles. The lowest BCUT2D eigenvalue weighted by atomic mass is 10.2. The van der Waals surface area contributed by atoms with E-state index in [9.17, 15) is 17.6 Å². The minimum atomic E-state index is -3.75. The van der Waals surface area contributed by atoms with Crippen molar-refractivity contribution in [3.05, 3.63) is 63.9 Å². The van der Waals surface area contributed by atoms with Crippen molar-refractivity contribution in [2.24, 2.45) is 0 Å². The third kappa shape index (κ3) is 3.68. The number of carbonyl (C=O) groups is 1. The molecule has 7 heteroatoms. The van der Waals surface area contributed by atoms with Crippen LogP contribution in [0.4, 0.5) is 4.39 Å². The number of halogens is 2. The molecular formula is C14H10BrFO4S. The lowest BCUT2D eigenvalue weighted by molar-refractivity contribution is 0.0695. The van der Waals surface area contributed by atoms with Gasteiger partial charge in [-0.2, -0.15) is 0 Å². The Balaban J connectivity index is 2.40. The van der Waals surface area contributed by atoms with E-state index in [0.29, 0.717) is 10.0 Å². The molecule has 0 bridgehead atoms. The van der Waals surface area contributed by atoms with Gasteiger partial charge in [-0.05, 0) is 51.8 Å². The molecule has 0 radical (unpaired) electrons. The van der Waals surface area contributed by atoms with Crippen molar-refractivity contribution in [3.63, 3.8) is 0 Å². The van der Waals surface area contributed by atoms with Crippen LogP contribution in [0.1, 0.15) is 15.9 Å². The first kappa shape index (κ1) is 15.7. The number of hydrogen-bond acceptors (Lipinski definition) is 3. The monoisotopic (exact) mass is 372 g/mol. The zero-order valence-corrected chi connectivity index (χ0v) is 13.0. The van der Waals surface area contributed by atoms with Crippen molar-refractivity contribution in [1.82, 2.24) is 0 Å². The van der Waals surface area contributed by atoms with Crippen LogP contribution in [-0.2, 0) is 15.6 Å². The van der Waals surface area contributed by atoms with E-state index in [2.05, 4.69) is 15.9 Å². The zero-order chi connectivity index (χ0) is 15.6. The lowest BCUT2D eigenvalue weighted by Crippen LogP contribution is -2.07. The van der Waals surface area contributed by atoms with E-state index in [1.807, 2.05) is 0 Å². The fourth-order valence-electron chi connectivity index (χ4n) is 1.79. The minimum absolute atomic E-state index is 0.118. The summed E-state index contributed by atoms with van der Waals surface area (Å²) in [4.78, 5) is 10.9. The molecule has 2 rings (SSSR count). The van der Waals surface area contributed by atoms with E-state index in [4.69, 9.17) is 5.11 Å². The molecule has 0 aromatic heterocycles. The molecular weight excluding hydrogens is 363 g/mol. The van der Waals surface area contributed by atoms with Crippen LogP contribution in [0.5, 0.6) is 0 Å². The van der Waals surface area contributed by atoms with Gasteiger partial charge in [0, 0.05) is 4.47 Å². The standard InChI is InChI=1S/C14H10BrFO4S/c15-13-5-4-11(7-12(13)14(17)18)21(19,20)8-9-2-1-3-10(16)6-9/h1-7H,8H2,(H,17,18). The highest BCUT2D eigenvalue weighted by Crippen LogP contribution is 2.23. The van der Waals surface area contributed by atoms with Gasteiger partial charge in [-0.1, -0.05) is 12.1 Å². The van der Waals surface area contributed by atoms with Crippen molar-refractivity contribution in [2.75, 3.05) is 0 Å². The van der Waals surface area contributed by atoms with Gasteiger partial charge in [0.15, 0.2) is 9.84 Å². The van der Waals surface area contributed by atoms with Crippen molar-refractivity contribution in [2.45, 2.75) is 10.6 Å². The molecule has 2 aromatic carbocycles. The highest BCUT2D eigenvalue weighted by atomic mass is 79.9. The SMILES string of the molecule is O=C(O)c1cc(S(=O)(=O)Cc2cccc(F)c2)ccc1Br. The topological polar surface area (TPSA) is 71.4 Å². The first-order valence-electron chi connectivity index (χ1n) is 5.79. The Labute approximate surface area is 129 Å². The predicted molar refractivity (Wildman–Crippen MR) is 78.4 cm³/mol. The molecule has 0 aliphatic carbocycles. The fraction of sp³-hybridized carbons (Fsp3) is 0.0714. The van der Waals surface area contributed by atoms with Crippen LogP contribution in [0.25, 0.3) is 0 Å². The molecule has 0 saturated heterocycles. The first-order chi connectivity index (χ1) is 9.79. The van der Waals surface area contributed by atoms with Gasteiger partial charge in [-0.3, -0.25) is 0 Å². The molecule has 0 aliphatic rings. The van der Waals surface area contributed by atoms with Crippen molar-refractivity contribution >= 4 is 31.7 Å². The second-order valence-corrected chi connectivity index (χ2v) is 7.18. The molecule has 21 heavy (non-hydrogen) atoms. The van der Waals surface area contributed by atoms with Gasteiger partial charge in [0.1, 0.15) is 5.82 Å². The Bertz CT molecular complexity index is 802. The van der Waals surface area contributed by atoms with Crippen LogP contribution < -0.4 is 0 Å². The number of sulfone groups is 1. The van der Waals surface area contributed by atoms with E-state index in [1.54, 1.807) is 0 Å². The maximum Gasteiger partial charge on any atom is 0.336 e. The third-order valence-corrected chi connectivity index (χ3v) is 5.15. The highest BCUT2D eigenvalue weighted by Gasteiger charge is 2.19. The number of carboxylic acids is 1. The van der Waals surface area contributed by atoms with Crippen LogP contribution in [-0.4, -0.2) is 19.5 Å². The maximum atomic E-state index is 13.1. The number of benzene rings is 2. The van der Waals surface area contributed by atoms with Gasteiger partial charge in [-0.25, -0.2) is 17.6 Å². The summed E-state index contributed by atoms with van der Waals surface area (Å²) in [6.07, 6.45) is 0. The average molecular weight is 373 g/mol. The molecule has 0 atom stereocenters. The number of carboxylic acid groups (broad SMARTS) is 1. The van der Waals surface area contributed by atoms with Crippen molar-refractivity contribution in [1.29, 1.82) is 0 Å². The van der Waals surface area contributed by atoms with Gasteiger partial charge < -0.3 is 5.11 Å². The van der Waals surface area contributed by atoms with Gasteiger partial charge in [0.2, 0.25) is 0 Å². The molecule has 0 aliphatic heterocycles. The minimum Gasteiger partial charge on any atom is -0.478 e. The molecule has 2 aromatic rings. The zero-order valence-electron chi connectivity index (χ0n) is 10.6. The van der Waals surface area contributed by atoms with Crippen LogP contribution >= 0.6 is 15.9 Å². The second-order valence-electron chi connectivity index (χ2n) is 4.34. The molecule has 0 fully saturated rings.